The normalized spacial score (nSPS) is 26.1. The zero-order chi connectivity index (χ0) is 13.1. The molecule has 0 saturated carbocycles. The van der Waals surface area contributed by atoms with Crippen molar-refractivity contribution >= 4 is 5.69 Å². The molecule has 2 rings (SSSR count). The molecule has 1 heterocycles. The van der Waals surface area contributed by atoms with Crippen LogP contribution in [0.25, 0.3) is 0 Å². The van der Waals surface area contributed by atoms with E-state index >= 15 is 0 Å². The summed E-state index contributed by atoms with van der Waals surface area (Å²) in [5.41, 5.74) is 2.02. The second kappa shape index (κ2) is 5.69. The molecule has 0 aromatic heterocycles. The van der Waals surface area contributed by atoms with Crippen LogP contribution in [0, 0.1) is 0 Å². The van der Waals surface area contributed by atoms with Crippen LogP contribution in [-0.2, 0) is 4.74 Å². The van der Waals surface area contributed by atoms with Crippen molar-refractivity contribution in [3.63, 3.8) is 0 Å². The largest absolute Gasteiger partial charge is 0.394 e. The van der Waals surface area contributed by atoms with Crippen molar-refractivity contribution in [2.75, 3.05) is 24.6 Å². The molecule has 1 aromatic carbocycles. The van der Waals surface area contributed by atoms with Gasteiger partial charge in [0, 0.05) is 18.8 Å². The van der Waals surface area contributed by atoms with Crippen molar-refractivity contribution in [2.24, 2.45) is 0 Å². The van der Waals surface area contributed by atoms with Gasteiger partial charge in [-0.2, -0.15) is 0 Å². The number of hydrogen-bond acceptors (Lipinski definition) is 4. The molecule has 0 aliphatic carbocycles. The molecule has 1 aliphatic rings. The fourth-order valence-corrected chi connectivity index (χ4v) is 2.32. The Labute approximate surface area is 108 Å². The van der Waals surface area contributed by atoms with Gasteiger partial charge in [0.25, 0.3) is 0 Å². The third-order valence-electron chi connectivity index (χ3n) is 3.27. The van der Waals surface area contributed by atoms with Gasteiger partial charge in [-0.05, 0) is 31.5 Å². The molecule has 0 spiro atoms. The Balaban J connectivity index is 2.10. The lowest BCUT2D eigenvalue weighted by molar-refractivity contribution is -0.0421. The van der Waals surface area contributed by atoms with Crippen LogP contribution in [0.1, 0.15) is 25.5 Å². The number of morpholine rings is 1. The van der Waals surface area contributed by atoms with Crippen LogP contribution in [0.2, 0.25) is 0 Å². The fraction of sp³-hybridized carbons (Fsp3) is 0.571. The van der Waals surface area contributed by atoms with Crippen LogP contribution in [0.4, 0.5) is 5.69 Å². The van der Waals surface area contributed by atoms with E-state index in [0.717, 1.165) is 17.8 Å². The van der Waals surface area contributed by atoms with Gasteiger partial charge in [-0.3, -0.25) is 0 Å². The second-order valence-corrected chi connectivity index (χ2v) is 4.92. The Morgan fingerprint density at radius 2 is 2.00 bits per heavy atom. The maximum atomic E-state index is 9.48. The Bertz CT molecular complexity index is 377. The molecular formula is C14H21NO3. The molecule has 1 aliphatic heterocycles. The van der Waals surface area contributed by atoms with Gasteiger partial charge in [0.15, 0.2) is 0 Å². The molecule has 1 fully saturated rings. The Kier molecular flexibility index (Phi) is 4.22. The SMILES string of the molecule is CC1CN(c2ccc(C(C)O)cc2)CC(CO)O1. The maximum absolute atomic E-state index is 9.48. The zero-order valence-corrected chi connectivity index (χ0v) is 10.9. The van der Waals surface area contributed by atoms with Crippen molar-refractivity contribution in [2.45, 2.75) is 32.2 Å². The van der Waals surface area contributed by atoms with E-state index in [9.17, 15) is 10.2 Å². The predicted octanol–water partition coefficient (Wildman–Crippen LogP) is 1.33. The van der Waals surface area contributed by atoms with Gasteiger partial charge < -0.3 is 19.8 Å². The topological polar surface area (TPSA) is 52.9 Å². The average molecular weight is 251 g/mol. The van der Waals surface area contributed by atoms with E-state index in [2.05, 4.69) is 4.90 Å². The Hall–Kier alpha value is -1.10. The molecule has 2 N–H and O–H groups in total. The van der Waals surface area contributed by atoms with E-state index in [4.69, 9.17) is 4.74 Å². The molecule has 100 valence electrons. The molecule has 18 heavy (non-hydrogen) atoms. The first kappa shape index (κ1) is 13.3. The number of aliphatic hydroxyl groups is 2. The first-order chi connectivity index (χ1) is 8.60. The van der Waals surface area contributed by atoms with Crippen LogP contribution < -0.4 is 4.90 Å². The molecular weight excluding hydrogens is 230 g/mol. The summed E-state index contributed by atoms with van der Waals surface area (Å²) in [6.07, 6.45) is -0.439. The lowest BCUT2D eigenvalue weighted by atomic mass is 10.1. The summed E-state index contributed by atoms with van der Waals surface area (Å²) in [5, 5.41) is 18.7. The minimum absolute atomic E-state index is 0.0482. The summed E-state index contributed by atoms with van der Waals surface area (Å²) in [7, 11) is 0. The zero-order valence-electron chi connectivity index (χ0n) is 10.9. The number of aliphatic hydroxyl groups excluding tert-OH is 2. The highest BCUT2D eigenvalue weighted by atomic mass is 16.5. The van der Waals surface area contributed by atoms with Gasteiger partial charge in [-0.25, -0.2) is 0 Å². The lowest BCUT2D eigenvalue weighted by Gasteiger charge is -2.37. The van der Waals surface area contributed by atoms with Crippen molar-refractivity contribution in [3.05, 3.63) is 29.8 Å². The van der Waals surface area contributed by atoms with Gasteiger partial charge in [0.05, 0.1) is 24.9 Å². The van der Waals surface area contributed by atoms with E-state index in [1.165, 1.54) is 0 Å². The number of hydrogen-bond donors (Lipinski definition) is 2. The van der Waals surface area contributed by atoms with E-state index in [1.807, 2.05) is 31.2 Å². The number of rotatable bonds is 3. The lowest BCUT2D eigenvalue weighted by Crippen LogP contribution is -2.48. The summed E-state index contributed by atoms with van der Waals surface area (Å²) in [6.45, 7) is 5.35. The minimum atomic E-state index is -0.437. The van der Waals surface area contributed by atoms with Crippen LogP contribution in [0.5, 0.6) is 0 Å². The molecule has 1 aromatic rings. The second-order valence-electron chi connectivity index (χ2n) is 4.92. The Morgan fingerprint density at radius 3 is 2.56 bits per heavy atom. The van der Waals surface area contributed by atoms with Gasteiger partial charge in [-0.15, -0.1) is 0 Å². The minimum Gasteiger partial charge on any atom is -0.394 e. The predicted molar refractivity (Wildman–Crippen MR) is 70.7 cm³/mol. The van der Waals surface area contributed by atoms with Crippen molar-refractivity contribution < 1.29 is 14.9 Å². The molecule has 0 radical (unpaired) electrons. The van der Waals surface area contributed by atoms with Crippen LogP contribution in [-0.4, -0.2) is 42.1 Å². The number of anilines is 1. The molecule has 0 amide bonds. The highest BCUT2D eigenvalue weighted by molar-refractivity contribution is 5.48. The average Bonchev–Trinajstić information content (AvgIpc) is 2.38. The molecule has 3 atom stereocenters. The first-order valence-electron chi connectivity index (χ1n) is 6.39. The number of ether oxygens (including phenoxy) is 1. The van der Waals surface area contributed by atoms with Gasteiger partial charge in [-0.1, -0.05) is 12.1 Å². The third kappa shape index (κ3) is 3.02. The quantitative estimate of drug-likeness (QED) is 0.851. The monoisotopic (exact) mass is 251 g/mol. The summed E-state index contributed by atoms with van der Waals surface area (Å²) in [5.74, 6) is 0. The van der Waals surface area contributed by atoms with Gasteiger partial charge >= 0.3 is 0 Å². The van der Waals surface area contributed by atoms with Crippen LogP contribution in [0.3, 0.4) is 0 Å². The molecule has 0 bridgehead atoms. The highest BCUT2D eigenvalue weighted by Gasteiger charge is 2.24. The molecule has 4 heteroatoms. The fourth-order valence-electron chi connectivity index (χ4n) is 2.32. The first-order valence-corrected chi connectivity index (χ1v) is 6.39. The van der Waals surface area contributed by atoms with Gasteiger partial charge in [0.2, 0.25) is 0 Å². The van der Waals surface area contributed by atoms with E-state index in [0.29, 0.717) is 6.54 Å². The van der Waals surface area contributed by atoms with Gasteiger partial charge in [0.1, 0.15) is 0 Å². The highest BCUT2D eigenvalue weighted by Crippen LogP contribution is 2.22. The summed E-state index contributed by atoms with van der Waals surface area (Å²) < 4.78 is 5.62. The molecule has 3 unspecified atom stereocenters. The molecule has 1 saturated heterocycles. The molecule has 4 nitrogen and oxygen atoms in total. The maximum Gasteiger partial charge on any atom is 0.0984 e. The standard InChI is InChI=1S/C14H21NO3/c1-10-7-15(8-14(9-16)18-10)13-5-3-12(4-6-13)11(2)17/h3-6,10-11,14,16-17H,7-9H2,1-2H3. The summed E-state index contributed by atoms with van der Waals surface area (Å²) in [4.78, 5) is 2.21. The Morgan fingerprint density at radius 1 is 1.33 bits per heavy atom. The van der Waals surface area contributed by atoms with Crippen molar-refractivity contribution in [1.29, 1.82) is 0 Å². The number of nitrogens with zero attached hydrogens (tertiary/aromatic N) is 1. The summed E-state index contributed by atoms with van der Waals surface area (Å²) in [6, 6.07) is 7.89. The van der Waals surface area contributed by atoms with E-state index in [-0.39, 0.29) is 18.8 Å². The number of benzene rings is 1. The van der Waals surface area contributed by atoms with E-state index < -0.39 is 6.10 Å². The van der Waals surface area contributed by atoms with E-state index in [1.54, 1.807) is 6.92 Å². The van der Waals surface area contributed by atoms with Crippen LogP contribution in [0.15, 0.2) is 24.3 Å². The summed E-state index contributed by atoms with van der Waals surface area (Å²) >= 11 is 0. The smallest absolute Gasteiger partial charge is 0.0984 e. The van der Waals surface area contributed by atoms with Crippen molar-refractivity contribution in [3.8, 4) is 0 Å². The van der Waals surface area contributed by atoms with Crippen molar-refractivity contribution in [1.82, 2.24) is 0 Å². The third-order valence-corrected chi connectivity index (χ3v) is 3.27. The van der Waals surface area contributed by atoms with Crippen LogP contribution >= 0.6 is 0 Å².